The fraction of sp³-hybridized carbons (Fsp3) is 0.412. The van der Waals surface area contributed by atoms with Crippen LogP contribution in [-0.4, -0.2) is 30.9 Å². The Bertz CT molecular complexity index is 684. The molecule has 1 amide bonds. The lowest BCUT2D eigenvalue weighted by atomic mass is 10.1. The van der Waals surface area contributed by atoms with Crippen molar-refractivity contribution in [3.05, 3.63) is 48.6 Å². The molecule has 2 aromatic rings. The van der Waals surface area contributed by atoms with Gasteiger partial charge >= 0.3 is 0 Å². The molecule has 0 radical (unpaired) electrons. The van der Waals surface area contributed by atoms with E-state index in [4.69, 9.17) is 0 Å². The predicted octanol–water partition coefficient (Wildman–Crippen LogP) is 2.60. The number of allylic oxidation sites excluding steroid dienone is 1. The van der Waals surface area contributed by atoms with Crippen molar-refractivity contribution in [2.45, 2.75) is 44.3 Å². The van der Waals surface area contributed by atoms with Gasteiger partial charge in [-0.05, 0) is 24.5 Å². The van der Waals surface area contributed by atoms with Crippen molar-refractivity contribution < 1.29 is 4.79 Å². The van der Waals surface area contributed by atoms with Crippen molar-refractivity contribution in [2.24, 2.45) is 5.92 Å². The molecule has 0 bridgehead atoms. The lowest BCUT2D eigenvalue weighted by Gasteiger charge is -2.19. The van der Waals surface area contributed by atoms with Gasteiger partial charge in [-0.15, -0.1) is 16.8 Å². The van der Waals surface area contributed by atoms with Crippen LogP contribution in [0.2, 0.25) is 0 Å². The number of amides is 1. The predicted molar refractivity (Wildman–Crippen MR) is 95.5 cm³/mol. The van der Waals surface area contributed by atoms with E-state index in [2.05, 4.69) is 27.1 Å². The van der Waals surface area contributed by atoms with Crippen LogP contribution in [0, 0.1) is 12.8 Å². The van der Waals surface area contributed by atoms with Gasteiger partial charge in [-0.25, -0.2) is 0 Å². The minimum atomic E-state index is -0.242. The first-order valence-corrected chi connectivity index (χ1v) is 8.74. The first-order chi connectivity index (χ1) is 11.5. The van der Waals surface area contributed by atoms with Gasteiger partial charge in [0.15, 0.2) is 5.16 Å². The highest BCUT2D eigenvalue weighted by atomic mass is 32.2. The van der Waals surface area contributed by atoms with Gasteiger partial charge < -0.3 is 9.88 Å². The van der Waals surface area contributed by atoms with Gasteiger partial charge in [0.1, 0.15) is 5.82 Å². The van der Waals surface area contributed by atoms with Crippen LogP contribution in [0.3, 0.4) is 0 Å². The van der Waals surface area contributed by atoms with Crippen LogP contribution in [-0.2, 0) is 17.9 Å². The SMILES string of the molecule is C=CCn1c(C)nnc1SC(C(=O)NCc1cccnc1)C(C)C. The van der Waals surface area contributed by atoms with E-state index < -0.39 is 0 Å². The molecule has 6 nitrogen and oxygen atoms in total. The van der Waals surface area contributed by atoms with Crippen molar-refractivity contribution in [1.29, 1.82) is 0 Å². The van der Waals surface area contributed by atoms with Crippen molar-refractivity contribution in [2.75, 3.05) is 0 Å². The highest BCUT2D eigenvalue weighted by Crippen LogP contribution is 2.27. The molecule has 2 aromatic heterocycles. The molecule has 0 saturated carbocycles. The third-order valence-corrected chi connectivity index (χ3v) is 5.02. The molecule has 1 atom stereocenters. The van der Waals surface area contributed by atoms with Gasteiger partial charge in [0, 0.05) is 25.5 Å². The average molecular weight is 345 g/mol. The Morgan fingerprint density at radius 1 is 1.46 bits per heavy atom. The number of carbonyl (C=O) groups excluding carboxylic acids is 1. The smallest absolute Gasteiger partial charge is 0.234 e. The van der Waals surface area contributed by atoms with E-state index in [0.29, 0.717) is 13.1 Å². The molecule has 0 aromatic carbocycles. The molecule has 0 aliphatic carbocycles. The van der Waals surface area contributed by atoms with E-state index in [-0.39, 0.29) is 17.1 Å². The highest BCUT2D eigenvalue weighted by Gasteiger charge is 2.26. The molecule has 128 valence electrons. The van der Waals surface area contributed by atoms with Gasteiger partial charge in [-0.1, -0.05) is 37.8 Å². The van der Waals surface area contributed by atoms with Crippen molar-refractivity contribution >= 4 is 17.7 Å². The Morgan fingerprint density at radius 2 is 2.25 bits per heavy atom. The lowest BCUT2D eigenvalue weighted by molar-refractivity contribution is -0.121. The maximum Gasteiger partial charge on any atom is 0.234 e. The highest BCUT2D eigenvalue weighted by molar-refractivity contribution is 8.00. The van der Waals surface area contributed by atoms with Crippen LogP contribution >= 0.6 is 11.8 Å². The zero-order valence-electron chi connectivity index (χ0n) is 14.3. The summed E-state index contributed by atoms with van der Waals surface area (Å²) in [4.78, 5) is 16.7. The largest absolute Gasteiger partial charge is 0.351 e. The molecule has 0 fully saturated rings. The molecule has 0 saturated heterocycles. The number of hydrogen-bond acceptors (Lipinski definition) is 5. The Morgan fingerprint density at radius 3 is 2.88 bits per heavy atom. The van der Waals surface area contributed by atoms with Crippen LogP contribution in [0.1, 0.15) is 25.2 Å². The Kier molecular flexibility index (Phi) is 6.54. The van der Waals surface area contributed by atoms with Gasteiger partial charge in [-0.3, -0.25) is 9.78 Å². The zero-order chi connectivity index (χ0) is 17.5. The standard InChI is InChI=1S/C17H23N5OS/c1-5-9-22-13(4)20-21-17(22)24-15(12(2)3)16(23)19-11-14-7-6-8-18-10-14/h5-8,10,12,15H,1,9,11H2,2-4H3,(H,19,23). The molecule has 7 heteroatoms. The van der Waals surface area contributed by atoms with Gasteiger partial charge in [0.05, 0.1) is 5.25 Å². The summed E-state index contributed by atoms with van der Waals surface area (Å²) < 4.78 is 1.96. The molecule has 2 rings (SSSR count). The summed E-state index contributed by atoms with van der Waals surface area (Å²) in [6, 6.07) is 3.80. The van der Waals surface area contributed by atoms with Crippen LogP contribution in [0.5, 0.6) is 0 Å². The first kappa shape index (κ1) is 18.2. The number of nitrogens with one attached hydrogen (secondary N) is 1. The summed E-state index contributed by atoms with van der Waals surface area (Å²) >= 11 is 1.44. The first-order valence-electron chi connectivity index (χ1n) is 7.87. The van der Waals surface area contributed by atoms with Crippen molar-refractivity contribution in [3.8, 4) is 0 Å². The normalized spacial score (nSPS) is 12.2. The summed E-state index contributed by atoms with van der Waals surface area (Å²) in [5, 5.41) is 11.8. The Labute approximate surface area is 146 Å². The molecule has 1 unspecified atom stereocenters. The van der Waals surface area contributed by atoms with Crippen molar-refractivity contribution in [3.63, 3.8) is 0 Å². The van der Waals surface area contributed by atoms with E-state index >= 15 is 0 Å². The third-order valence-electron chi connectivity index (χ3n) is 3.50. The maximum absolute atomic E-state index is 12.6. The summed E-state index contributed by atoms with van der Waals surface area (Å²) in [5.41, 5.74) is 0.976. The molecule has 2 heterocycles. The molecule has 0 aliphatic heterocycles. The number of hydrogen-bond donors (Lipinski definition) is 1. The summed E-state index contributed by atoms with van der Waals surface area (Å²) in [7, 11) is 0. The van der Waals surface area contributed by atoms with Crippen molar-refractivity contribution in [1.82, 2.24) is 25.1 Å². The van der Waals surface area contributed by atoms with Crippen LogP contribution in [0.15, 0.2) is 42.3 Å². The number of rotatable bonds is 8. The molecule has 0 spiro atoms. The Balaban J connectivity index is 2.06. The molecular weight excluding hydrogens is 322 g/mol. The minimum Gasteiger partial charge on any atom is -0.351 e. The topological polar surface area (TPSA) is 72.7 Å². The molecule has 24 heavy (non-hydrogen) atoms. The van der Waals surface area contributed by atoms with E-state index in [9.17, 15) is 4.79 Å². The minimum absolute atomic E-state index is 0.00957. The number of thioether (sulfide) groups is 1. The second-order valence-electron chi connectivity index (χ2n) is 5.79. The zero-order valence-corrected chi connectivity index (χ0v) is 15.1. The molecule has 0 aliphatic rings. The van der Waals surface area contributed by atoms with Crippen LogP contribution < -0.4 is 5.32 Å². The van der Waals surface area contributed by atoms with Gasteiger partial charge in [0.2, 0.25) is 5.91 Å². The summed E-state index contributed by atoms with van der Waals surface area (Å²) in [6.45, 7) is 10.8. The van der Waals surface area contributed by atoms with E-state index in [0.717, 1.165) is 16.5 Å². The van der Waals surface area contributed by atoms with Crippen LogP contribution in [0.4, 0.5) is 0 Å². The number of aromatic nitrogens is 4. The quantitative estimate of drug-likeness (QED) is 0.588. The fourth-order valence-electron chi connectivity index (χ4n) is 2.19. The summed E-state index contributed by atoms with van der Waals surface area (Å²) in [6.07, 6.45) is 5.27. The van der Waals surface area contributed by atoms with Gasteiger partial charge in [-0.2, -0.15) is 0 Å². The second kappa shape index (κ2) is 8.63. The number of carbonyl (C=O) groups is 1. The molecule has 1 N–H and O–H groups in total. The van der Waals surface area contributed by atoms with Crippen LogP contribution in [0.25, 0.3) is 0 Å². The maximum atomic E-state index is 12.6. The monoisotopic (exact) mass is 345 g/mol. The third kappa shape index (κ3) is 4.67. The number of pyridine rings is 1. The van der Waals surface area contributed by atoms with E-state index in [1.54, 1.807) is 18.5 Å². The fourth-order valence-corrected chi connectivity index (χ4v) is 3.30. The number of nitrogens with zero attached hydrogens (tertiary/aromatic N) is 4. The lowest BCUT2D eigenvalue weighted by Crippen LogP contribution is -2.35. The van der Waals surface area contributed by atoms with E-state index in [1.165, 1.54) is 11.8 Å². The summed E-state index contributed by atoms with van der Waals surface area (Å²) in [5.74, 6) is 0.971. The average Bonchev–Trinajstić information content (AvgIpc) is 2.92. The molecular formula is C17H23N5OS. The Hall–Kier alpha value is -2.15. The van der Waals surface area contributed by atoms with Gasteiger partial charge in [0.25, 0.3) is 0 Å². The second-order valence-corrected chi connectivity index (χ2v) is 6.90. The van der Waals surface area contributed by atoms with E-state index in [1.807, 2.05) is 37.5 Å². The number of aryl methyl sites for hydroxylation is 1.